The predicted octanol–water partition coefficient (Wildman–Crippen LogP) is 2.54. The van der Waals surface area contributed by atoms with E-state index in [0.29, 0.717) is 17.4 Å². The molecule has 1 aromatic carbocycles. The fraction of sp³-hybridized carbons (Fsp3) is 0.118. The van der Waals surface area contributed by atoms with Crippen LogP contribution >= 0.6 is 0 Å². The number of rotatable bonds is 6. The topological polar surface area (TPSA) is 54.5 Å². The van der Waals surface area contributed by atoms with Crippen LogP contribution in [0.2, 0.25) is 0 Å². The minimum atomic E-state index is -0.846. The second-order valence-electron chi connectivity index (χ2n) is 4.61. The van der Waals surface area contributed by atoms with E-state index in [4.69, 9.17) is 0 Å². The molecule has 106 valence electrons. The van der Waals surface area contributed by atoms with Gasteiger partial charge >= 0.3 is 0 Å². The van der Waals surface area contributed by atoms with Crippen molar-refractivity contribution in [3.05, 3.63) is 72.4 Å². The lowest BCUT2D eigenvalue weighted by molar-refractivity contribution is -0.111. The Kier molecular flexibility index (Phi) is 4.28. The van der Waals surface area contributed by atoms with E-state index in [0.717, 1.165) is 10.5 Å². The Morgan fingerprint density at radius 2 is 1.71 bits per heavy atom. The molecule has 1 atom stereocenters. The van der Waals surface area contributed by atoms with E-state index >= 15 is 0 Å². The van der Waals surface area contributed by atoms with E-state index in [1.54, 1.807) is 42.5 Å². The zero-order chi connectivity index (χ0) is 15.4. The normalized spacial score (nSPS) is 15.6. The van der Waals surface area contributed by atoms with E-state index in [-0.39, 0.29) is 6.42 Å². The lowest BCUT2D eigenvalue weighted by atomic mass is 10.1. The van der Waals surface area contributed by atoms with Crippen LogP contribution < -0.4 is 0 Å². The number of carbonyl (C=O) groups is 3. The summed E-state index contributed by atoms with van der Waals surface area (Å²) in [7, 11) is 0. The van der Waals surface area contributed by atoms with Crippen LogP contribution in [0.1, 0.15) is 27.1 Å². The zero-order valence-corrected chi connectivity index (χ0v) is 11.5. The molecule has 4 heteroatoms. The highest BCUT2D eigenvalue weighted by molar-refractivity contribution is 6.22. The van der Waals surface area contributed by atoms with Gasteiger partial charge in [0.2, 0.25) is 0 Å². The summed E-state index contributed by atoms with van der Waals surface area (Å²) >= 11 is 0. The number of fused-ring (bicyclic) bond motifs is 1. The molecule has 0 saturated carbocycles. The number of benzene rings is 1. The summed E-state index contributed by atoms with van der Waals surface area (Å²) in [5.41, 5.74) is 1.41. The van der Waals surface area contributed by atoms with Crippen molar-refractivity contribution in [1.29, 1.82) is 0 Å². The van der Waals surface area contributed by atoms with E-state index in [9.17, 15) is 14.4 Å². The van der Waals surface area contributed by atoms with Crippen molar-refractivity contribution in [3.8, 4) is 0 Å². The molecular formula is C17H15NO3. The number of carbonyl (C=O) groups excluding carboxylic acids is 3. The number of nitrogens with zero attached hydrogens (tertiary/aromatic N) is 1. The first-order valence-electron chi connectivity index (χ1n) is 6.50. The van der Waals surface area contributed by atoms with Crippen LogP contribution in [0.5, 0.6) is 0 Å². The lowest BCUT2D eigenvalue weighted by Gasteiger charge is -2.21. The summed E-state index contributed by atoms with van der Waals surface area (Å²) in [4.78, 5) is 37.0. The van der Waals surface area contributed by atoms with Gasteiger partial charge in [0.1, 0.15) is 6.29 Å². The molecule has 0 saturated heterocycles. The molecular weight excluding hydrogens is 266 g/mol. The van der Waals surface area contributed by atoms with Crippen LogP contribution in [0.4, 0.5) is 0 Å². The molecule has 4 nitrogen and oxygen atoms in total. The summed E-state index contributed by atoms with van der Waals surface area (Å²) in [6.07, 6.45) is 5.69. The van der Waals surface area contributed by atoms with Gasteiger partial charge in [-0.05, 0) is 17.7 Å². The number of aldehydes is 1. The van der Waals surface area contributed by atoms with E-state index < -0.39 is 17.9 Å². The lowest BCUT2D eigenvalue weighted by Crippen LogP contribution is -2.41. The van der Waals surface area contributed by atoms with Gasteiger partial charge < -0.3 is 4.79 Å². The van der Waals surface area contributed by atoms with Gasteiger partial charge in [-0.15, -0.1) is 0 Å². The average Bonchev–Trinajstić information content (AvgIpc) is 2.76. The predicted molar refractivity (Wildman–Crippen MR) is 79.9 cm³/mol. The molecule has 1 aliphatic heterocycles. The highest BCUT2D eigenvalue weighted by Crippen LogP contribution is 2.26. The molecule has 1 heterocycles. The average molecular weight is 281 g/mol. The Morgan fingerprint density at radius 3 is 2.14 bits per heavy atom. The molecule has 0 aliphatic carbocycles. The first-order chi connectivity index (χ1) is 10.1. The van der Waals surface area contributed by atoms with Gasteiger partial charge in [-0.2, -0.15) is 0 Å². The molecule has 2 rings (SSSR count). The van der Waals surface area contributed by atoms with Crippen molar-refractivity contribution in [2.75, 3.05) is 0 Å². The van der Waals surface area contributed by atoms with Gasteiger partial charge in [-0.1, -0.05) is 43.5 Å². The second-order valence-corrected chi connectivity index (χ2v) is 4.61. The SMILES string of the molecule is C=C/C=C(\C=C)CC(C=O)N1C(=O)c2ccccc2C1=O. The summed E-state index contributed by atoms with van der Waals surface area (Å²) < 4.78 is 0. The molecule has 0 bridgehead atoms. The van der Waals surface area contributed by atoms with E-state index in [2.05, 4.69) is 13.2 Å². The molecule has 1 aliphatic rings. The van der Waals surface area contributed by atoms with Gasteiger partial charge in [-0.25, -0.2) is 0 Å². The third kappa shape index (κ3) is 2.60. The molecule has 0 N–H and O–H groups in total. The van der Waals surface area contributed by atoms with E-state index in [1.165, 1.54) is 0 Å². The van der Waals surface area contributed by atoms with Crippen LogP contribution in [-0.4, -0.2) is 29.0 Å². The van der Waals surface area contributed by atoms with Gasteiger partial charge in [-0.3, -0.25) is 14.5 Å². The molecule has 0 radical (unpaired) electrons. The molecule has 1 aromatic rings. The molecule has 1 unspecified atom stereocenters. The first kappa shape index (κ1) is 14.7. The maximum Gasteiger partial charge on any atom is 0.262 e. The molecule has 0 aromatic heterocycles. The molecule has 21 heavy (non-hydrogen) atoms. The van der Waals surface area contributed by atoms with Crippen molar-refractivity contribution in [3.63, 3.8) is 0 Å². The maximum atomic E-state index is 12.3. The van der Waals surface area contributed by atoms with Crippen molar-refractivity contribution < 1.29 is 14.4 Å². The Hall–Kier alpha value is -2.75. The number of hydrogen-bond donors (Lipinski definition) is 0. The van der Waals surface area contributed by atoms with Crippen molar-refractivity contribution in [2.45, 2.75) is 12.5 Å². The summed E-state index contributed by atoms with van der Waals surface area (Å²) in [5.74, 6) is -0.871. The van der Waals surface area contributed by atoms with Gasteiger partial charge in [0, 0.05) is 6.42 Å². The third-order valence-corrected chi connectivity index (χ3v) is 3.35. The van der Waals surface area contributed by atoms with Crippen LogP contribution in [0.25, 0.3) is 0 Å². The van der Waals surface area contributed by atoms with Gasteiger partial charge in [0.25, 0.3) is 11.8 Å². The zero-order valence-electron chi connectivity index (χ0n) is 11.5. The second kappa shape index (κ2) is 6.13. The molecule has 0 spiro atoms. The fourth-order valence-electron chi connectivity index (χ4n) is 2.32. The van der Waals surface area contributed by atoms with E-state index in [1.807, 2.05) is 0 Å². The Labute approximate surface area is 123 Å². The Bertz CT molecular complexity index is 623. The van der Waals surface area contributed by atoms with Gasteiger partial charge in [0.15, 0.2) is 0 Å². The minimum absolute atomic E-state index is 0.227. The quantitative estimate of drug-likeness (QED) is 0.457. The number of amides is 2. The number of hydrogen-bond acceptors (Lipinski definition) is 3. The van der Waals surface area contributed by atoms with Crippen molar-refractivity contribution in [1.82, 2.24) is 4.90 Å². The summed E-state index contributed by atoms with van der Waals surface area (Å²) in [6.45, 7) is 7.23. The van der Waals surface area contributed by atoms with Crippen molar-refractivity contribution >= 4 is 18.1 Å². The van der Waals surface area contributed by atoms with Crippen LogP contribution in [-0.2, 0) is 4.79 Å². The highest BCUT2D eigenvalue weighted by atomic mass is 16.2. The Morgan fingerprint density at radius 1 is 1.14 bits per heavy atom. The third-order valence-electron chi connectivity index (χ3n) is 3.35. The summed E-state index contributed by atoms with van der Waals surface area (Å²) in [5, 5.41) is 0. The number of imide groups is 1. The fourth-order valence-corrected chi connectivity index (χ4v) is 2.32. The molecule has 2 amide bonds. The molecule has 0 fully saturated rings. The van der Waals surface area contributed by atoms with Crippen LogP contribution in [0.3, 0.4) is 0 Å². The first-order valence-corrected chi connectivity index (χ1v) is 6.50. The minimum Gasteiger partial charge on any atom is -0.301 e. The maximum absolute atomic E-state index is 12.3. The largest absolute Gasteiger partial charge is 0.301 e. The van der Waals surface area contributed by atoms with Crippen LogP contribution in [0.15, 0.2) is 61.2 Å². The van der Waals surface area contributed by atoms with Crippen LogP contribution in [0, 0.1) is 0 Å². The highest BCUT2D eigenvalue weighted by Gasteiger charge is 2.39. The number of allylic oxidation sites excluding steroid dienone is 3. The monoisotopic (exact) mass is 281 g/mol. The smallest absolute Gasteiger partial charge is 0.262 e. The Balaban J connectivity index is 2.33. The summed E-state index contributed by atoms with van der Waals surface area (Å²) in [6, 6.07) is 5.71. The van der Waals surface area contributed by atoms with Crippen molar-refractivity contribution in [2.24, 2.45) is 0 Å². The van der Waals surface area contributed by atoms with Gasteiger partial charge in [0.05, 0.1) is 17.2 Å². The standard InChI is InChI=1S/C17H15NO3/c1-3-7-12(4-2)10-13(11-19)18-16(20)14-8-5-6-9-15(14)17(18)21/h3-9,11,13H,1-2,10H2/b12-7+.